The van der Waals surface area contributed by atoms with Crippen LogP contribution in [0.15, 0.2) is 79.5 Å². The molecule has 1 heterocycles. The Balaban J connectivity index is 1.69. The molecule has 0 bridgehead atoms. The molecule has 0 atom stereocenters. The molecule has 42 heavy (non-hydrogen) atoms. The number of anilines is 3. The molecule has 1 aromatic heterocycles. The highest BCUT2D eigenvalue weighted by Gasteiger charge is 2.18. The number of likely N-dealkylation sites (N-methyl/N-ethyl adjacent to an activating group) is 1. The number of carbonyl (C=O) groups excluding carboxylic acids is 1. The molecule has 0 unspecified atom stereocenters. The Bertz CT molecular complexity index is 1600. The van der Waals surface area contributed by atoms with Crippen LogP contribution >= 0.6 is 0 Å². The Labute approximate surface area is 243 Å². The van der Waals surface area contributed by atoms with Gasteiger partial charge in [0.25, 0.3) is 5.91 Å². The molecule has 0 aliphatic carbocycles. The number of benzene rings is 3. The normalized spacial score (nSPS) is 11.0. The van der Waals surface area contributed by atoms with Crippen LogP contribution in [0.25, 0.3) is 23.0 Å². The highest BCUT2D eigenvalue weighted by Crippen LogP contribution is 2.32. The van der Waals surface area contributed by atoms with E-state index in [1.165, 1.54) is 37.4 Å². The highest BCUT2D eigenvalue weighted by atomic mass is 19.1. The molecule has 0 radical (unpaired) electrons. The number of aromatic nitrogens is 2. The maximum atomic E-state index is 14.3. The van der Waals surface area contributed by atoms with Crippen molar-refractivity contribution < 1.29 is 18.0 Å². The van der Waals surface area contributed by atoms with Crippen LogP contribution in [0.1, 0.15) is 36.5 Å². The van der Waals surface area contributed by atoms with Crippen molar-refractivity contribution in [1.82, 2.24) is 9.97 Å². The highest BCUT2D eigenvalue weighted by molar-refractivity contribution is 6.04. The molecule has 1 amide bonds. The molecule has 0 fully saturated rings. The van der Waals surface area contributed by atoms with Crippen LogP contribution in [0.4, 0.5) is 30.5 Å². The zero-order chi connectivity index (χ0) is 30.2. The monoisotopic (exact) mass is 571 g/mol. The van der Waals surface area contributed by atoms with Gasteiger partial charge in [-0.25, -0.2) is 23.1 Å². The van der Waals surface area contributed by atoms with Crippen LogP contribution in [-0.2, 0) is 4.79 Å². The van der Waals surface area contributed by atoms with Crippen LogP contribution in [0.5, 0.6) is 0 Å². The van der Waals surface area contributed by atoms with Crippen molar-refractivity contribution in [2.75, 3.05) is 29.1 Å². The molecule has 4 rings (SSSR count). The molecular weight excluding hydrogens is 539 g/mol. The summed E-state index contributed by atoms with van der Waals surface area (Å²) in [6.45, 7) is 8.89. The third-order valence-corrected chi connectivity index (χ3v) is 6.69. The average molecular weight is 572 g/mol. The first-order valence-corrected chi connectivity index (χ1v) is 13.5. The van der Waals surface area contributed by atoms with Crippen molar-refractivity contribution in [2.45, 2.75) is 26.7 Å². The second-order valence-corrected chi connectivity index (χ2v) is 9.67. The van der Waals surface area contributed by atoms with Crippen molar-refractivity contribution in [3.05, 3.63) is 114 Å². The van der Waals surface area contributed by atoms with E-state index in [9.17, 15) is 18.0 Å². The summed E-state index contributed by atoms with van der Waals surface area (Å²) in [4.78, 5) is 23.0. The average Bonchev–Trinajstić information content (AvgIpc) is 2.97. The lowest BCUT2D eigenvalue weighted by atomic mass is 9.96. The molecule has 216 valence electrons. The van der Waals surface area contributed by atoms with Gasteiger partial charge in [0.05, 0.1) is 5.69 Å². The lowest BCUT2D eigenvalue weighted by Gasteiger charge is -2.17. The molecule has 0 aliphatic heterocycles. The number of unbranched alkanes of at least 4 members (excludes halogenated alkanes) is 1. The van der Waals surface area contributed by atoms with Crippen LogP contribution < -0.4 is 15.5 Å². The molecule has 6 nitrogen and oxygen atoms in total. The number of para-hydroxylation sites is 1. The van der Waals surface area contributed by atoms with Gasteiger partial charge in [-0.1, -0.05) is 44.2 Å². The van der Waals surface area contributed by atoms with Crippen molar-refractivity contribution in [3.8, 4) is 11.3 Å². The summed E-state index contributed by atoms with van der Waals surface area (Å²) in [5, 5.41) is 6.44. The minimum atomic E-state index is -0.840. The lowest BCUT2D eigenvalue weighted by molar-refractivity contribution is -0.113. The minimum Gasteiger partial charge on any atom is -0.356 e. The summed E-state index contributed by atoms with van der Waals surface area (Å²) in [5.41, 5.74) is 4.40. The van der Waals surface area contributed by atoms with Crippen LogP contribution in [0.3, 0.4) is 0 Å². The van der Waals surface area contributed by atoms with E-state index in [0.717, 1.165) is 46.6 Å². The van der Waals surface area contributed by atoms with Gasteiger partial charge >= 0.3 is 0 Å². The Morgan fingerprint density at radius 3 is 2.40 bits per heavy atom. The predicted octanol–water partition coefficient (Wildman–Crippen LogP) is 7.84. The fraction of sp³-hybridized carbons (Fsp3) is 0.182. The van der Waals surface area contributed by atoms with Crippen LogP contribution in [-0.4, -0.2) is 29.5 Å². The van der Waals surface area contributed by atoms with Crippen LogP contribution in [0.2, 0.25) is 0 Å². The predicted molar refractivity (Wildman–Crippen MR) is 163 cm³/mol. The Hall–Kier alpha value is -4.92. The SMILES string of the molecule is C=C(Nc1ccc(F)cc1)c1cccc(-c2nc(NCCCC)ncc2/C=C\C(=O)N(C)c2c(F)cccc2F)c1C. The molecule has 0 saturated carbocycles. The van der Waals surface area contributed by atoms with Crippen molar-refractivity contribution in [2.24, 2.45) is 0 Å². The van der Waals surface area contributed by atoms with Gasteiger partial charge in [-0.3, -0.25) is 4.79 Å². The summed E-state index contributed by atoms with van der Waals surface area (Å²) in [7, 11) is 1.31. The summed E-state index contributed by atoms with van der Waals surface area (Å²) in [6.07, 6.45) is 6.30. The van der Waals surface area contributed by atoms with E-state index in [0.29, 0.717) is 35.1 Å². The molecule has 3 aromatic carbocycles. The zero-order valence-electron chi connectivity index (χ0n) is 23.7. The Morgan fingerprint density at radius 1 is 1.02 bits per heavy atom. The number of amides is 1. The lowest BCUT2D eigenvalue weighted by Crippen LogP contribution is -2.26. The fourth-order valence-electron chi connectivity index (χ4n) is 4.38. The summed E-state index contributed by atoms with van der Waals surface area (Å²) < 4.78 is 41.9. The summed E-state index contributed by atoms with van der Waals surface area (Å²) >= 11 is 0. The van der Waals surface area contributed by atoms with E-state index in [1.807, 2.05) is 25.1 Å². The largest absolute Gasteiger partial charge is 0.356 e. The van der Waals surface area contributed by atoms with Gasteiger partial charge in [-0.05, 0) is 61.4 Å². The first-order valence-electron chi connectivity index (χ1n) is 13.5. The molecule has 2 N–H and O–H groups in total. The van der Waals surface area contributed by atoms with Crippen molar-refractivity contribution >= 4 is 35.0 Å². The number of carbonyl (C=O) groups is 1. The third kappa shape index (κ3) is 7.04. The second kappa shape index (κ2) is 13.6. The Kier molecular flexibility index (Phi) is 9.75. The van der Waals surface area contributed by atoms with Gasteiger partial charge in [0.15, 0.2) is 0 Å². The van der Waals surface area contributed by atoms with Crippen LogP contribution in [0, 0.1) is 24.4 Å². The number of hydrogen-bond acceptors (Lipinski definition) is 5. The van der Waals surface area contributed by atoms with E-state index < -0.39 is 23.2 Å². The smallest absolute Gasteiger partial charge is 0.250 e. The molecule has 4 aromatic rings. The van der Waals surface area contributed by atoms with Gasteiger partial charge in [0.2, 0.25) is 5.95 Å². The summed E-state index contributed by atoms with van der Waals surface area (Å²) in [5.74, 6) is -2.21. The van der Waals surface area contributed by atoms with E-state index >= 15 is 0 Å². The first-order chi connectivity index (χ1) is 20.2. The number of hydrogen-bond donors (Lipinski definition) is 2. The topological polar surface area (TPSA) is 70.1 Å². The number of halogens is 3. The maximum Gasteiger partial charge on any atom is 0.250 e. The molecular formula is C33H32F3N5O. The quantitative estimate of drug-likeness (QED) is 0.142. The van der Waals surface area contributed by atoms with E-state index in [-0.39, 0.29) is 5.82 Å². The van der Waals surface area contributed by atoms with Gasteiger partial charge in [-0.15, -0.1) is 0 Å². The molecule has 0 aliphatic rings. The first kappa shape index (κ1) is 30.0. The zero-order valence-corrected chi connectivity index (χ0v) is 23.7. The third-order valence-electron chi connectivity index (χ3n) is 6.69. The van der Waals surface area contributed by atoms with Gasteiger partial charge < -0.3 is 15.5 Å². The van der Waals surface area contributed by atoms with Gasteiger partial charge in [0, 0.05) is 53.9 Å². The second-order valence-electron chi connectivity index (χ2n) is 9.67. The van der Waals surface area contributed by atoms with E-state index in [4.69, 9.17) is 4.98 Å². The molecule has 0 spiro atoms. The van der Waals surface area contributed by atoms with Gasteiger partial charge in [-0.2, -0.15) is 0 Å². The van der Waals surface area contributed by atoms with E-state index in [2.05, 4.69) is 29.1 Å². The standard InChI is InChI=1S/C33H32F3N5O/c1-5-6-19-37-33-38-20-23(13-18-30(42)41(4)32-28(35)11-8-12-29(32)36)31(40-33)27-10-7-9-26(21(27)2)22(3)39-25-16-14-24(34)15-17-25/h7-18,20,39H,3,5-6,19H2,1-2,4H3,(H,37,38,40)/b18-13-. The van der Waals surface area contributed by atoms with Gasteiger partial charge in [0.1, 0.15) is 23.1 Å². The van der Waals surface area contributed by atoms with E-state index in [1.54, 1.807) is 18.3 Å². The maximum absolute atomic E-state index is 14.3. The number of nitrogens with one attached hydrogen (secondary N) is 2. The minimum absolute atomic E-state index is 0.333. The fourth-order valence-corrected chi connectivity index (χ4v) is 4.38. The molecule has 9 heteroatoms. The summed E-state index contributed by atoms with van der Waals surface area (Å²) in [6, 6.07) is 15.1. The number of rotatable bonds is 11. The Morgan fingerprint density at radius 2 is 1.71 bits per heavy atom. The number of nitrogens with zero attached hydrogens (tertiary/aromatic N) is 3. The van der Waals surface area contributed by atoms with Crippen molar-refractivity contribution in [3.63, 3.8) is 0 Å². The van der Waals surface area contributed by atoms with Crippen molar-refractivity contribution in [1.29, 1.82) is 0 Å². The molecule has 0 saturated heterocycles.